The van der Waals surface area contributed by atoms with Crippen molar-refractivity contribution in [1.29, 1.82) is 0 Å². The van der Waals surface area contributed by atoms with Crippen LogP contribution in [0.5, 0.6) is 0 Å². The summed E-state index contributed by atoms with van der Waals surface area (Å²) in [6.07, 6.45) is 3.00. The van der Waals surface area contributed by atoms with E-state index in [1.165, 1.54) is 0 Å². The summed E-state index contributed by atoms with van der Waals surface area (Å²) in [5.74, 6) is 0. The molecule has 0 spiro atoms. The van der Waals surface area contributed by atoms with Gasteiger partial charge >= 0.3 is 0 Å². The van der Waals surface area contributed by atoms with Crippen molar-refractivity contribution in [2.75, 3.05) is 6.54 Å². The summed E-state index contributed by atoms with van der Waals surface area (Å²) in [6.45, 7) is 8.47. The van der Waals surface area contributed by atoms with Gasteiger partial charge in [-0.1, -0.05) is 22.5 Å². The first kappa shape index (κ1) is 11.2. The summed E-state index contributed by atoms with van der Waals surface area (Å²) in [5.41, 5.74) is -0.751. The summed E-state index contributed by atoms with van der Waals surface area (Å²) >= 11 is 3.30. The van der Waals surface area contributed by atoms with Crippen molar-refractivity contribution in [1.82, 2.24) is 5.32 Å². The van der Waals surface area contributed by atoms with Gasteiger partial charge in [0.1, 0.15) is 0 Å². The molecule has 76 valence electrons. The van der Waals surface area contributed by atoms with Crippen molar-refractivity contribution in [2.45, 2.75) is 44.2 Å². The molecule has 0 amide bonds. The van der Waals surface area contributed by atoms with Gasteiger partial charge in [-0.05, 0) is 33.1 Å². The van der Waals surface area contributed by atoms with Crippen LogP contribution >= 0.6 is 15.9 Å². The highest BCUT2D eigenvalue weighted by Gasteiger charge is 2.46. The van der Waals surface area contributed by atoms with E-state index < -0.39 is 5.60 Å². The molecule has 0 aromatic carbocycles. The molecule has 0 aromatic rings. The molecule has 3 heteroatoms. The Kier molecular flexibility index (Phi) is 3.20. The summed E-state index contributed by atoms with van der Waals surface area (Å²) in [4.78, 5) is 0. The Morgan fingerprint density at radius 2 is 2.15 bits per heavy atom. The van der Waals surface area contributed by atoms with Gasteiger partial charge in [-0.25, -0.2) is 0 Å². The third-order valence-corrected chi connectivity index (χ3v) is 3.48. The maximum absolute atomic E-state index is 10.1. The molecule has 1 aliphatic carbocycles. The molecule has 1 rings (SSSR count). The Bertz CT molecular complexity index is 215. The summed E-state index contributed by atoms with van der Waals surface area (Å²) in [6, 6.07) is 0. The number of hydrogen-bond acceptors (Lipinski definition) is 2. The number of rotatable bonds is 3. The lowest BCUT2D eigenvalue weighted by Crippen LogP contribution is -2.56. The van der Waals surface area contributed by atoms with Gasteiger partial charge in [0.05, 0.1) is 5.60 Å². The normalized spacial score (nSPS) is 39.4. The second-order valence-electron chi connectivity index (χ2n) is 4.33. The number of aliphatic hydroxyl groups is 1. The minimum Gasteiger partial charge on any atom is -0.388 e. The topological polar surface area (TPSA) is 32.3 Å². The predicted molar refractivity (Wildman–Crippen MR) is 58.9 cm³/mol. The van der Waals surface area contributed by atoms with Crippen LogP contribution in [0.2, 0.25) is 0 Å². The molecule has 2 nitrogen and oxygen atoms in total. The van der Waals surface area contributed by atoms with Crippen LogP contribution in [0.1, 0.15) is 33.1 Å². The third-order valence-electron chi connectivity index (χ3n) is 3.20. The van der Waals surface area contributed by atoms with Crippen molar-refractivity contribution in [3.63, 3.8) is 0 Å². The fourth-order valence-corrected chi connectivity index (χ4v) is 2.04. The Hall–Kier alpha value is 0.140. The van der Waals surface area contributed by atoms with E-state index >= 15 is 0 Å². The zero-order chi connectivity index (χ0) is 10.1. The number of halogens is 1. The van der Waals surface area contributed by atoms with E-state index in [1.54, 1.807) is 0 Å². The first-order valence-electron chi connectivity index (χ1n) is 4.68. The molecule has 13 heavy (non-hydrogen) atoms. The maximum atomic E-state index is 10.1. The maximum Gasteiger partial charge on any atom is 0.0797 e. The Labute approximate surface area is 88.5 Å². The predicted octanol–water partition coefficient (Wildman–Crippen LogP) is 2.18. The van der Waals surface area contributed by atoms with Gasteiger partial charge in [0.25, 0.3) is 0 Å². The minimum absolute atomic E-state index is 0.163. The molecule has 0 heterocycles. The number of nitrogens with one attached hydrogen (secondary N) is 1. The zero-order valence-corrected chi connectivity index (χ0v) is 9.95. The molecular weight excluding hydrogens is 230 g/mol. The Balaban J connectivity index is 2.59. The average molecular weight is 248 g/mol. The van der Waals surface area contributed by atoms with Gasteiger partial charge in [0.15, 0.2) is 0 Å². The third kappa shape index (κ3) is 2.33. The fraction of sp³-hybridized carbons (Fsp3) is 0.800. The van der Waals surface area contributed by atoms with Crippen molar-refractivity contribution in [2.24, 2.45) is 0 Å². The largest absolute Gasteiger partial charge is 0.388 e. The lowest BCUT2D eigenvalue weighted by atomic mass is 9.86. The summed E-state index contributed by atoms with van der Waals surface area (Å²) < 4.78 is 0.927. The van der Waals surface area contributed by atoms with E-state index in [1.807, 2.05) is 6.92 Å². The van der Waals surface area contributed by atoms with Crippen LogP contribution in [0.25, 0.3) is 0 Å². The minimum atomic E-state index is -0.588. The lowest BCUT2D eigenvalue weighted by molar-refractivity contribution is -0.00481. The van der Waals surface area contributed by atoms with E-state index in [-0.39, 0.29) is 5.54 Å². The molecule has 0 aliphatic heterocycles. The molecule has 2 unspecified atom stereocenters. The van der Waals surface area contributed by atoms with E-state index in [0.717, 1.165) is 23.7 Å². The molecule has 0 saturated heterocycles. The summed E-state index contributed by atoms with van der Waals surface area (Å²) in [7, 11) is 0. The second-order valence-corrected chi connectivity index (χ2v) is 5.45. The SMILES string of the molecule is C=C(Br)CNC1(C)CCCC1(C)O. The van der Waals surface area contributed by atoms with Crippen LogP contribution in [-0.2, 0) is 0 Å². The highest BCUT2D eigenvalue weighted by atomic mass is 79.9. The lowest BCUT2D eigenvalue weighted by Gasteiger charge is -2.38. The smallest absolute Gasteiger partial charge is 0.0797 e. The molecule has 2 N–H and O–H groups in total. The molecular formula is C10H18BrNO. The van der Waals surface area contributed by atoms with Crippen LogP contribution in [0.3, 0.4) is 0 Å². The Morgan fingerprint density at radius 3 is 2.54 bits per heavy atom. The van der Waals surface area contributed by atoms with Crippen LogP contribution in [-0.4, -0.2) is 22.8 Å². The first-order valence-corrected chi connectivity index (χ1v) is 5.47. The van der Waals surface area contributed by atoms with Crippen molar-refractivity contribution in [3.05, 3.63) is 11.1 Å². The zero-order valence-electron chi connectivity index (χ0n) is 8.36. The molecule has 1 aliphatic rings. The van der Waals surface area contributed by atoms with Crippen LogP contribution in [0.4, 0.5) is 0 Å². The molecule has 2 atom stereocenters. The number of hydrogen-bond donors (Lipinski definition) is 2. The molecule has 1 saturated carbocycles. The molecule has 0 radical (unpaired) electrons. The summed E-state index contributed by atoms with van der Waals surface area (Å²) in [5, 5.41) is 13.5. The van der Waals surface area contributed by atoms with E-state index in [0.29, 0.717) is 6.54 Å². The van der Waals surface area contributed by atoms with E-state index in [9.17, 15) is 5.11 Å². The second kappa shape index (κ2) is 3.71. The van der Waals surface area contributed by atoms with Crippen molar-refractivity contribution < 1.29 is 5.11 Å². The first-order chi connectivity index (χ1) is 5.87. The average Bonchev–Trinajstić information content (AvgIpc) is 2.24. The Morgan fingerprint density at radius 1 is 1.54 bits per heavy atom. The quantitative estimate of drug-likeness (QED) is 0.802. The van der Waals surface area contributed by atoms with Gasteiger partial charge in [-0.3, -0.25) is 0 Å². The highest BCUT2D eigenvalue weighted by molar-refractivity contribution is 9.11. The molecule has 0 aromatic heterocycles. The fourth-order valence-electron chi connectivity index (χ4n) is 1.90. The van der Waals surface area contributed by atoms with E-state index in [2.05, 4.69) is 34.7 Å². The van der Waals surface area contributed by atoms with E-state index in [4.69, 9.17) is 0 Å². The van der Waals surface area contributed by atoms with Gasteiger partial charge in [0.2, 0.25) is 0 Å². The standard InChI is InChI=1S/C10H18BrNO/c1-8(11)7-12-9(2)5-4-6-10(9,3)13/h12-13H,1,4-7H2,2-3H3. The van der Waals surface area contributed by atoms with Gasteiger partial charge in [-0.15, -0.1) is 0 Å². The van der Waals surface area contributed by atoms with Gasteiger partial charge < -0.3 is 10.4 Å². The van der Waals surface area contributed by atoms with Crippen LogP contribution in [0, 0.1) is 0 Å². The monoisotopic (exact) mass is 247 g/mol. The van der Waals surface area contributed by atoms with Crippen LogP contribution < -0.4 is 5.32 Å². The molecule has 0 bridgehead atoms. The van der Waals surface area contributed by atoms with Crippen LogP contribution in [0.15, 0.2) is 11.1 Å². The highest BCUT2D eigenvalue weighted by Crippen LogP contribution is 2.38. The van der Waals surface area contributed by atoms with Gasteiger partial charge in [0, 0.05) is 16.6 Å². The van der Waals surface area contributed by atoms with Crippen molar-refractivity contribution >= 4 is 15.9 Å². The van der Waals surface area contributed by atoms with Crippen molar-refractivity contribution in [3.8, 4) is 0 Å². The van der Waals surface area contributed by atoms with Gasteiger partial charge in [-0.2, -0.15) is 0 Å². The molecule has 1 fully saturated rings.